The van der Waals surface area contributed by atoms with E-state index in [2.05, 4.69) is 37.3 Å². The van der Waals surface area contributed by atoms with Gasteiger partial charge in [-0.05, 0) is 18.4 Å². The fourth-order valence-electron chi connectivity index (χ4n) is 6.53. The predicted molar refractivity (Wildman–Crippen MR) is 188 cm³/mol. The zero-order valence-electron chi connectivity index (χ0n) is 28.4. The van der Waals surface area contributed by atoms with E-state index in [0.29, 0.717) is 0 Å². The number of rotatable bonds is 34. The van der Waals surface area contributed by atoms with Crippen LogP contribution < -0.4 is 0 Å². The lowest BCUT2D eigenvalue weighted by Crippen LogP contribution is -1.86. The number of aryl methyl sites for hydroxylation is 1. The van der Waals surface area contributed by atoms with Crippen LogP contribution in [-0.2, 0) is 6.42 Å². The molecule has 240 valence electrons. The van der Waals surface area contributed by atoms with E-state index in [4.69, 9.17) is 0 Å². The van der Waals surface area contributed by atoms with Crippen LogP contribution in [0.3, 0.4) is 0 Å². The Morgan fingerprint density at radius 1 is 0.268 bits per heavy atom. The maximum absolute atomic E-state index is 2.31. The van der Waals surface area contributed by atoms with Crippen LogP contribution in [0.15, 0.2) is 30.3 Å². The molecule has 0 spiro atoms. The van der Waals surface area contributed by atoms with Crippen LogP contribution in [-0.4, -0.2) is 0 Å². The van der Waals surface area contributed by atoms with Crippen molar-refractivity contribution in [3.05, 3.63) is 35.9 Å². The highest BCUT2D eigenvalue weighted by atomic mass is 14.0. The van der Waals surface area contributed by atoms with Crippen molar-refractivity contribution in [1.29, 1.82) is 0 Å². The van der Waals surface area contributed by atoms with Crippen molar-refractivity contribution in [3.8, 4) is 0 Å². The molecule has 0 fully saturated rings. The third-order valence-corrected chi connectivity index (χ3v) is 9.41. The van der Waals surface area contributed by atoms with Gasteiger partial charge in [0.2, 0.25) is 0 Å². The molecule has 1 aromatic carbocycles. The molecule has 0 saturated heterocycles. The first kappa shape index (κ1) is 38.2. The summed E-state index contributed by atoms with van der Waals surface area (Å²) < 4.78 is 0. The van der Waals surface area contributed by atoms with E-state index < -0.39 is 0 Å². The van der Waals surface area contributed by atoms with E-state index in [-0.39, 0.29) is 0 Å². The van der Waals surface area contributed by atoms with Crippen molar-refractivity contribution in [2.24, 2.45) is 0 Å². The van der Waals surface area contributed by atoms with Crippen LogP contribution >= 0.6 is 0 Å². The molecule has 0 atom stereocenters. The summed E-state index contributed by atoms with van der Waals surface area (Å²) in [6, 6.07) is 11.0. The van der Waals surface area contributed by atoms with Crippen LogP contribution in [0.5, 0.6) is 0 Å². The van der Waals surface area contributed by atoms with Crippen molar-refractivity contribution in [2.75, 3.05) is 0 Å². The van der Waals surface area contributed by atoms with E-state index in [0.717, 1.165) is 0 Å². The van der Waals surface area contributed by atoms with Crippen molar-refractivity contribution < 1.29 is 0 Å². The van der Waals surface area contributed by atoms with E-state index in [1.54, 1.807) is 0 Å². The number of benzene rings is 1. The highest BCUT2D eigenvalue weighted by Crippen LogP contribution is 2.17. The first-order chi connectivity index (χ1) is 20.4. The Morgan fingerprint density at radius 3 is 0.732 bits per heavy atom. The predicted octanol–water partition coefficient (Wildman–Crippen LogP) is 15.1. The van der Waals surface area contributed by atoms with Gasteiger partial charge in [-0.15, -0.1) is 0 Å². The first-order valence-electron chi connectivity index (χ1n) is 19.5. The van der Waals surface area contributed by atoms with Crippen molar-refractivity contribution >= 4 is 0 Å². The van der Waals surface area contributed by atoms with Gasteiger partial charge in [-0.2, -0.15) is 0 Å². The lowest BCUT2D eigenvalue weighted by molar-refractivity contribution is 0.511. The molecule has 0 aliphatic rings. The molecule has 0 nitrogen and oxygen atoms in total. The molecule has 0 aromatic heterocycles. The van der Waals surface area contributed by atoms with Crippen molar-refractivity contribution in [1.82, 2.24) is 0 Å². The van der Waals surface area contributed by atoms with Crippen LogP contribution in [0.25, 0.3) is 0 Å². The summed E-state index contributed by atoms with van der Waals surface area (Å²) in [5.41, 5.74) is 1.51. The fraction of sp³-hybridized carbons (Fsp3) is 0.854. The molecule has 0 bridgehead atoms. The molecule has 1 rings (SSSR count). The van der Waals surface area contributed by atoms with Crippen LogP contribution in [0, 0.1) is 0 Å². The monoisotopic (exact) mass is 569 g/mol. The van der Waals surface area contributed by atoms with Gasteiger partial charge in [0.15, 0.2) is 0 Å². The molecule has 0 heterocycles. The minimum Gasteiger partial charge on any atom is -0.0654 e. The van der Waals surface area contributed by atoms with E-state index in [1.165, 1.54) is 224 Å². The van der Waals surface area contributed by atoms with Gasteiger partial charge < -0.3 is 0 Å². The Hall–Kier alpha value is -0.780. The molecular weight excluding hydrogens is 492 g/mol. The van der Waals surface area contributed by atoms with Crippen LogP contribution in [0.2, 0.25) is 0 Å². The molecule has 0 amide bonds. The second-order valence-electron chi connectivity index (χ2n) is 13.5. The topological polar surface area (TPSA) is 0 Å². The largest absolute Gasteiger partial charge is 0.0654 e. The minimum absolute atomic E-state index is 1.26. The van der Waals surface area contributed by atoms with Gasteiger partial charge in [-0.25, -0.2) is 0 Å². The Bertz CT molecular complexity index is 575. The summed E-state index contributed by atoms with van der Waals surface area (Å²) in [4.78, 5) is 0. The van der Waals surface area contributed by atoms with E-state index >= 15 is 0 Å². The highest BCUT2D eigenvalue weighted by molar-refractivity contribution is 5.14. The summed E-state index contributed by atoms with van der Waals surface area (Å²) in [7, 11) is 0. The number of hydrogen-bond donors (Lipinski definition) is 0. The quantitative estimate of drug-likeness (QED) is 0.0725. The summed E-state index contributed by atoms with van der Waals surface area (Å²) >= 11 is 0. The zero-order chi connectivity index (χ0) is 29.2. The molecule has 0 saturated carbocycles. The third-order valence-electron chi connectivity index (χ3n) is 9.41. The fourth-order valence-corrected chi connectivity index (χ4v) is 6.53. The molecule has 41 heavy (non-hydrogen) atoms. The average molecular weight is 569 g/mol. The Labute approximate surface area is 260 Å². The Kier molecular flexibility index (Phi) is 31.5. The van der Waals surface area contributed by atoms with Crippen LogP contribution in [0.1, 0.15) is 224 Å². The maximum Gasteiger partial charge on any atom is -0.0279 e. The van der Waals surface area contributed by atoms with Gasteiger partial charge in [0, 0.05) is 0 Å². The number of hydrogen-bond acceptors (Lipinski definition) is 0. The normalized spacial score (nSPS) is 11.4. The van der Waals surface area contributed by atoms with Gasteiger partial charge in [-0.1, -0.05) is 243 Å². The average Bonchev–Trinajstić information content (AvgIpc) is 3.00. The first-order valence-corrected chi connectivity index (χ1v) is 19.5. The molecular formula is C41H76. The zero-order valence-corrected chi connectivity index (χ0v) is 28.4. The van der Waals surface area contributed by atoms with Crippen LogP contribution in [0.4, 0.5) is 0 Å². The molecule has 0 radical (unpaired) electrons. The molecule has 0 aliphatic heterocycles. The maximum atomic E-state index is 2.31. The van der Waals surface area contributed by atoms with Crippen molar-refractivity contribution in [3.63, 3.8) is 0 Å². The summed E-state index contributed by atoms with van der Waals surface area (Å²) in [6.45, 7) is 2.31. The lowest BCUT2D eigenvalue weighted by Gasteiger charge is -2.05. The second-order valence-corrected chi connectivity index (χ2v) is 13.5. The lowest BCUT2D eigenvalue weighted by atomic mass is 10.0. The Morgan fingerprint density at radius 2 is 0.488 bits per heavy atom. The van der Waals surface area contributed by atoms with E-state index in [1.807, 2.05) is 0 Å². The summed E-state index contributed by atoms with van der Waals surface area (Å²) in [5, 5.41) is 0. The molecule has 1 aromatic rings. The molecule has 0 aliphatic carbocycles. The van der Waals surface area contributed by atoms with Gasteiger partial charge in [0.1, 0.15) is 0 Å². The summed E-state index contributed by atoms with van der Waals surface area (Å²) in [6.07, 6.45) is 49.9. The second kappa shape index (κ2) is 33.7. The summed E-state index contributed by atoms with van der Waals surface area (Å²) in [5.74, 6) is 0. The minimum atomic E-state index is 1.26. The molecule has 0 heteroatoms. The highest BCUT2D eigenvalue weighted by Gasteiger charge is 1.98. The molecule has 0 N–H and O–H groups in total. The van der Waals surface area contributed by atoms with Gasteiger partial charge in [-0.3, -0.25) is 0 Å². The Balaban J connectivity index is 1.61. The molecule has 0 unspecified atom stereocenters. The third kappa shape index (κ3) is 30.5. The van der Waals surface area contributed by atoms with Gasteiger partial charge >= 0.3 is 0 Å². The van der Waals surface area contributed by atoms with Gasteiger partial charge in [0.05, 0.1) is 0 Å². The van der Waals surface area contributed by atoms with Crippen molar-refractivity contribution in [2.45, 2.75) is 225 Å². The SMILES string of the molecule is CCCCCCCCCCCCCCCCCCCCCCCCCCCCCCCCCCCc1ccccc1. The smallest absolute Gasteiger partial charge is 0.0279 e. The van der Waals surface area contributed by atoms with Gasteiger partial charge in [0.25, 0.3) is 0 Å². The van der Waals surface area contributed by atoms with E-state index in [9.17, 15) is 0 Å². The standard InChI is InChI=1S/C41H76/c1-2-3-4-5-6-7-8-9-10-11-12-13-14-15-16-17-18-19-20-21-22-23-24-25-26-27-28-29-30-31-32-33-35-38-41-39-36-34-37-40-41/h34,36-37,39-40H,2-33,35,38H2,1H3. The number of unbranched alkanes of at least 4 members (excludes halogenated alkanes) is 32.